The fourth-order valence-electron chi connectivity index (χ4n) is 2.72. The van der Waals surface area contributed by atoms with Crippen molar-refractivity contribution in [3.8, 4) is 0 Å². The molecule has 2 rings (SSSR count). The summed E-state index contributed by atoms with van der Waals surface area (Å²) in [6.07, 6.45) is 5.08. The van der Waals surface area contributed by atoms with Crippen molar-refractivity contribution in [2.45, 2.75) is 32.7 Å². The SMILES string of the molecule is Cc1ncc(CN(C)C(=O)[C@@H]2CCC[C@@H]2CN)s1.Cl.Cl. The number of rotatable bonds is 4. The standard InChI is InChI=1S/C13H21N3OS.2ClH/c1-9-15-7-11(18-9)8-16(2)13(17)12-5-3-4-10(12)6-14;;/h7,10,12H,3-6,8,14H2,1-2H3;2*1H/t10-,12-;;/m1../s1. The molecular formula is C13H23Cl2N3OS. The van der Waals surface area contributed by atoms with E-state index in [9.17, 15) is 4.79 Å². The summed E-state index contributed by atoms with van der Waals surface area (Å²) >= 11 is 1.65. The smallest absolute Gasteiger partial charge is 0.226 e. The Bertz CT molecular complexity index is 428. The third-order valence-corrected chi connectivity index (χ3v) is 4.61. The lowest BCUT2D eigenvalue weighted by molar-refractivity contribution is -0.135. The molecule has 4 nitrogen and oxygen atoms in total. The molecular weight excluding hydrogens is 317 g/mol. The summed E-state index contributed by atoms with van der Waals surface area (Å²) in [7, 11) is 1.88. The molecule has 0 saturated heterocycles. The highest BCUT2D eigenvalue weighted by Gasteiger charge is 2.33. The molecule has 1 aliphatic rings. The van der Waals surface area contributed by atoms with Crippen LogP contribution < -0.4 is 5.73 Å². The van der Waals surface area contributed by atoms with E-state index in [0.29, 0.717) is 19.0 Å². The molecule has 0 spiro atoms. The second-order valence-electron chi connectivity index (χ2n) is 5.07. The van der Waals surface area contributed by atoms with Crippen LogP contribution in [0.25, 0.3) is 0 Å². The molecule has 1 heterocycles. The van der Waals surface area contributed by atoms with Gasteiger partial charge in [0.2, 0.25) is 5.91 Å². The minimum atomic E-state index is 0. The molecule has 0 radical (unpaired) electrons. The molecule has 7 heteroatoms. The lowest BCUT2D eigenvalue weighted by Gasteiger charge is -2.24. The molecule has 1 fully saturated rings. The van der Waals surface area contributed by atoms with Gasteiger partial charge in [0.15, 0.2) is 0 Å². The van der Waals surface area contributed by atoms with E-state index in [0.717, 1.165) is 29.1 Å². The molecule has 2 N–H and O–H groups in total. The third kappa shape index (κ3) is 4.58. The molecule has 1 aromatic rings. The van der Waals surface area contributed by atoms with E-state index in [4.69, 9.17) is 5.73 Å². The number of nitrogens with two attached hydrogens (primary N) is 1. The summed E-state index contributed by atoms with van der Waals surface area (Å²) in [6.45, 7) is 3.28. The molecule has 0 unspecified atom stereocenters. The van der Waals surface area contributed by atoms with Gasteiger partial charge in [-0.1, -0.05) is 6.42 Å². The Morgan fingerprint density at radius 3 is 2.75 bits per heavy atom. The van der Waals surface area contributed by atoms with Gasteiger partial charge in [0.25, 0.3) is 0 Å². The highest BCUT2D eigenvalue weighted by molar-refractivity contribution is 7.11. The van der Waals surface area contributed by atoms with Crippen LogP contribution in [0.2, 0.25) is 0 Å². The molecule has 2 atom stereocenters. The van der Waals surface area contributed by atoms with E-state index < -0.39 is 0 Å². The normalized spacial score (nSPS) is 20.9. The minimum Gasteiger partial charge on any atom is -0.340 e. The van der Waals surface area contributed by atoms with E-state index >= 15 is 0 Å². The van der Waals surface area contributed by atoms with Crippen molar-refractivity contribution in [3.63, 3.8) is 0 Å². The van der Waals surface area contributed by atoms with Gasteiger partial charge < -0.3 is 10.6 Å². The predicted octanol–water partition coefficient (Wildman–Crippen LogP) is 2.63. The fourth-order valence-corrected chi connectivity index (χ4v) is 3.57. The number of thiazole rings is 1. The minimum absolute atomic E-state index is 0. The average molecular weight is 340 g/mol. The maximum atomic E-state index is 12.4. The highest BCUT2D eigenvalue weighted by Crippen LogP contribution is 2.32. The van der Waals surface area contributed by atoms with Gasteiger partial charge in [-0.05, 0) is 32.2 Å². The summed E-state index contributed by atoms with van der Waals surface area (Å²) in [4.78, 5) is 19.6. The van der Waals surface area contributed by atoms with Crippen molar-refractivity contribution in [2.24, 2.45) is 17.6 Å². The molecule has 20 heavy (non-hydrogen) atoms. The summed E-state index contributed by atoms with van der Waals surface area (Å²) in [6, 6.07) is 0. The first-order valence-electron chi connectivity index (χ1n) is 6.48. The first-order chi connectivity index (χ1) is 8.61. The van der Waals surface area contributed by atoms with Crippen molar-refractivity contribution in [2.75, 3.05) is 13.6 Å². The second kappa shape index (κ2) is 8.82. The fraction of sp³-hybridized carbons (Fsp3) is 0.692. The first-order valence-corrected chi connectivity index (χ1v) is 7.29. The van der Waals surface area contributed by atoms with Crippen LogP contribution in [0.15, 0.2) is 6.20 Å². The van der Waals surface area contributed by atoms with Gasteiger partial charge in [-0.2, -0.15) is 0 Å². The van der Waals surface area contributed by atoms with E-state index in [1.807, 2.05) is 25.1 Å². The molecule has 0 aromatic carbocycles. The molecule has 0 aliphatic heterocycles. The Hall–Kier alpha value is -0.360. The molecule has 0 bridgehead atoms. The summed E-state index contributed by atoms with van der Waals surface area (Å²) in [5, 5.41) is 1.05. The van der Waals surface area contributed by atoms with Gasteiger partial charge in [0.05, 0.1) is 11.6 Å². The van der Waals surface area contributed by atoms with Gasteiger partial charge in [-0.15, -0.1) is 36.2 Å². The van der Waals surface area contributed by atoms with Crippen LogP contribution in [0.5, 0.6) is 0 Å². The zero-order valence-electron chi connectivity index (χ0n) is 11.9. The van der Waals surface area contributed by atoms with E-state index in [1.54, 1.807) is 11.3 Å². The number of aryl methyl sites for hydroxylation is 1. The molecule has 1 amide bonds. The molecule has 116 valence electrons. The van der Waals surface area contributed by atoms with Crippen molar-refractivity contribution >= 4 is 42.1 Å². The number of nitrogens with zero attached hydrogens (tertiary/aromatic N) is 2. The Balaban J connectivity index is 0.00000180. The third-order valence-electron chi connectivity index (χ3n) is 3.72. The largest absolute Gasteiger partial charge is 0.340 e. The van der Waals surface area contributed by atoms with E-state index in [1.165, 1.54) is 0 Å². The lowest BCUT2D eigenvalue weighted by atomic mass is 9.95. The number of halogens is 2. The van der Waals surface area contributed by atoms with Crippen LogP contribution in [0.3, 0.4) is 0 Å². The second-order valence-corrected chi connectivity index (χ2v) is 6.39. The zero-order valence-corrected chi connectivity index (χ0v) is 14.3. The average Bonchev–Trinajstić information content (AvgIpc) is 2.96. The highest BCUT2D eigenvalue weighted by atomic mass is 35.5. The maximum absolute atomic E-state index is 12.4. The maximum Gasteiger partial charge on any atom is 0.226 e. The molecule has 1 saturated carbocycles. The lowest BCUT2D eigenvalue weighted by Crippen LogP contribution is -2.36. The van der Waals surface area contributed by atoms with Crippen molar-refractivity contribution in [3.05, 3.63) is 16.1 Å². The van der Waals surface area contributed by atoms with Crippen LogP contribution in [-0.4, -0.2) is 29.4 Å². The van der Waals surface area contributed by atoms with Crippen molar-refractivity contribution in [1.82, 2.24) is 9.88 Å². The van der Waals surface area contributed by atoms with Crippen LogP contribution in [-0.2, 0) is 11.3 Å². The van der Waals surface area contributed by atoms with Crippen molar-refractivity contribution in [1.29, 1.82) is 0 Å². The number of aromatic nitrogens is 1. The molecule has 1 aliphatic carbocycles. The summed E-state index contributed by atoms with van der Waals surface area (Å²) < 4.78 is 0. The quantitative estimate of drug-likeness (QED) is 0.917. The Morgan fingerprint density at radius 1 is 1.50 bits per heavy atom. The number of carbonyl (C=O) groups is 1. The summed E-state index contributed by atoms with van der Waals surface area (Å²) in [5.41, 5.74) is 5.74. The summed E-state index contributed by atoms with van der Waals surface area (Å²) in [5.74, 6) is 0.756. The first kappa shape index (κ1) is 19.6. The van der Waals surface area contributed by atoms with Gasteiger partial charge in [-0.3, -0.25) is 4.79 Å². The number of hydrogen-bond acceptors (Lipinski definition) is 4. The topological polar surface area (TPSA) is 59.2 Å². The zero-order chi connectivity index (χ0) is 13.1. The van der Waals surface area contributed by atoms with Crippen LogP contribution in [0, 0.1) is 18.8 Å². The van der Waals surface area contributed by atoms with Crippen LogP contribution >= 0.6 is 36.2 Å². The van der Waals surface area contributed by atoms with Gasteiger partial charge >= 0.3 is 0 Å². The van der Waals surface area contributed by atoms with Gasteiger partial charge in [-0.25, -0.2) is 4.98 Å². The molecule has 1 aromatic heterocycles. The monoisotopic (exact) mass is 339 g/mol. The van der Waals surface area contributed by atoms with Gasteiger partial charge in [0, 0.05) is 24.0 Å². The van der Waals surface area contributed by atoms with Crippen LogP contribution in [0.1, 0.15) is 29.1 Å². The number of carbonyl (C=O) groups excluding carboxylic acids is 1. The van der Waals surface area contributed by atoms with Crippen LogP contribution in [0.4, 0.5) is 0 Å². The van der Waals surface area contributed by atoms with Gasteiger partial charge in [0.1, 0.15) is 0 Å². The Morgan fingerprint density at radius 2 is 2.20 bits per heavy atom. The number of hydrogen-bond donors (Lipinski definition) is 1. The predicted molar refractivity (Wildman–Crippen MR) is 87.7 cm³/mol. The Labute approximate surface area is 137 Å². The van der Waals surface area contributed by atoms with Crippen molar-refractivity contribution < 1.29 is 4.79 Å². The Kier molecular flexibility index (Phi) is 8.66. The number of amides is 1. The van der Waals surface area contributed by atoms with E-state index in [2.05, 4.69) is 4.98 Å². The van der Waals surface area contributed by atoms with E-state index in [-0.39, 0.29) is 36.6 Å².